The van der Waals surface area contributed by atoms with Crippen molar-refractivity contribution in [1.82, 2.24) is 4.98 Å². The Balaban J connectivity index is 2.19. The second-order valence-corrected chi connectivity index (χ2v) is 4.91. The van der Waals surface area contributed by atoms with Crippen molar-refractivity contribution in [2.75, 3.05) is 0 Å². The summed E-state index contributed by atoms with van der Waals surface area (Å²) in [5, 5.41) is 0. The maximum atomic E-state index is 5.63. The molecule has 84 valence electrons. The second kappa shape index (κ2) is 4.83. The molecular weight excluding hydrogens is 266 g/mol. The lowest BCUT2D eigenvalue weighted by molar-refractivity contribution is 0.468. The molecule has 0 aliphatic carbocycles. The molecule has 0 aliphatic heterocycles. The van der Waals surface area contributed by atoms with E-state index in [1.165, 1.54) is 5.56 Å². The van der Waals surface area contributed by atoms with Gasteiger partial charge in [0.25, 0.3) is 0 Å². The zero-order chi connectivity index (χ0) is 11.5. The summed E-state index contributed by atoms with van der Waals surface area (Å²) in [7, 11) is 0. The molecule has 0 spiro atoms. The standard InChI is InChI=1S/C13H14BrNO/c1-9-3-4-12(16-9)13(14)10(2)11-5-7-15-8-6-11/h3-8,10,13H,1-2H3. The van der Waals surface area contributed by atoms with E-state index in [-0.39, 0.29) is 4.83 Å². The third-order valence-electron chi connectivity index (χ3n) is 2.70. The smallest absolute Gasteiger partial charge is 0.118 e. The Hall–Kier alpha value is -1.09. The molecule has 16 heavy (non-hydrogen) atoms. The Morgan fingerprint density at radius 1 is 1.19 bits per heavy atom. The molecule has 0 radical (unpaired) electrons. The van der Waals surface area contributed by atoms with Crippen LogP contribution < -0.4 is 0 Å². The first kappa shape index (κ1) is 11.4. The van der Waals surface area contributed by atoms with Gasteiger partial charge < -0.3 is 4.42 Å². The molecule has 2 nitrogen and oxygen atoms in total. The van der Waals surface area contributed by atoms with E-state index in [0.717, 1.165) is 11.5 Å². The van der Waals surface area contributed by atoms with E-state index >= 15 is 0 Å². The van der Waals surface area contributed by atoms with Crippen LogP contribution >= 0.6 is 15.9 Å². The summed E-state index contributed by atoms with van der Waals surface area (Å²) in [5.41, 5.74) is 1.26. The fourth-order valence-electron chi connectivity index (χ4n) is 1.68. The van der Waals surface area contributed by atoms with Crippen LogP contribution in [0.5, 0.6) is 0 Å². The van der Waals surface area contributed by atoms with Gasteiger partial charge in [0.05, 0.1) is 4.83 Å². The van der Waals surface area contributed by atoms with E-state index in [2.05, 4.69) is 27.8 Å². The van der Waals surface area contributed by atoms with Crippen molar-refractivity contribution in [3.05, 3.63) is 53.7 Å². The van der Waals surface area contributed by atoms with Gasteiger partial charge in [-0.05, 0) is 36.8 Å². The van der Waals surface area contributed by atoms with Gasteiger partial charge in [0, 0.05) is 18.3 Å². The summed E-state index contributed by atoms with van der Waals surface area (Å²) in [5.74, 6) is 2.27. The average molecular weight is 280 g/mol. The largest absolute Gasteiger partial charge is 0.465 e. The van der Waals surface area contributed by atoms with Crippen molar-refractivity contribution < 1.29 is 4.42 Å². The predicted molar refractivity (Wildman–Crippen MR) is 67.8 cm³/mol. The fraction of sp³-hybridized carbons (Fsp3) is 0.308. The van der Waals surface area contributed by atoms with Crippen molar-refractivity contribution in [2.45, 2.75) is 24.6 Å². The van der Waals surface area contributed by atoms with E-state index < -0.39 is 0 Å². The van der Waals surface area contributed by atoms with Gasteiger partial charge >= 0.3 is 0 Å². The van der Waals surface area contributed by atoms with Crippen LogP contribution in [-0.4, -0.2) is 4.98 Å². The topological polar surface area (TPSA) is 26.0 Å². The third-order valence-corrected chi connectivity index (χ3v) is 3.95. The number of aryl methyl sites for hydroxylation is 1. The summed E-state index contributed by atoms with van der Waals surface area (Å²) >= 11 is 3.69. The number of pyridine rings is 1. The first-order chi connectivity index (χ1) is 7.68. The Bertz CT molecular complexity index is 452. The molecule has 0 aromatic carbocycles. The number of furan rings is 1. The Labute approximate surface area is 104 Å². The lowest BCUT2D eigenvalue weighted by atomic mass is 9.98. The van der Waals surface area contributed by atoms with Gasteiger partial charge in [-0.15, -0.1) is 0 Å². The van der Waals surface area contributed by atoms with Gasteiger partial charge in [0.2, 0.25) is 0 Å². The van der Waals surface area contributed by atoms with Gasteiger partial charge in [-0.25, -0.2) is 0 Å². The van der Waals surface area contributed by atoms with Crippen LogP contribution in [0, 0.1) is 6.92 Å². The van der Waals surface area contributed by atoms with Gasteiger partial charge in [0.15, 0.2) is 0 Å². The minimum atomic E-state index is 0.198. The molecule has 0 aliphatic rings. The Morgan fingerprint density at radius 2 is 1.88 bits per heavy atom. The first-order valence-electron chi connectivity index (χ1n) is 5.29. The van der Waals surface area contributed by atoms with E-state index in [4.69, 9.17) is 4.42 Å². The average Bonchev–Trinajstić information content (AvgIpc) is 2.75. The predicted octanol–water partition coefficient (Wildman–Crippen LogP) is 4.22. The highest BCUT2D eigenvalue weighted by atomic mass is 79.9. The molecule has 0 bridgehead atoms. The van der Waals surface area contributed by atoms with Crippen LogP contribution in [0.4, 0.5) is 0 Å². The summed E-state index contributed by atoms with van der Waals surface area (Å²) in [6.45, 7) is 4.13. The molecule has 0 N–H and O–H groups in total. The fourth-order valence-corrected chi connectivity index (χ4v) is 2.24. The summed E-state index contributed by atoms with van der Waals surface area (Å²) < 4.78 is 5.63. The van der Waals surface area contributed by atoms with E-state index in [1.54, 1.807) is 0 Å². The molecular formula is C13H14BrNO. The van der Waals surface area contributed by atoms with Crippen molar-refractivity contribution in [3.63, 3.8) is 0 Å². The highest BCUT2D eigenvalue weighted by Gasteiger charge is 2.20. The van der Waals surface area contributed by atoms with Crippen LogP contribution in [0.3, 0.4) is 0 Å². The minimum Gasteiger partial charge on any atom is -0.465 e. The van der Waals surface area contributed by atoms with Crippen LogP contribution in [0.15, 0.2) is 41.1 Å². The van der Waals surface area contributed by atoms with Crippen molar-refractivity contribution in [1.29, 1.82) is 0 Å². The molecule has 2 rings (SSSR count). The maximum Gasteiger partial charge on any atom is 0.118 e. The second-order valence-electron chi connectivity index (χ2n) is 3.92. The molecule has 0 amide bonds. The molecule has 0 fully saturated rings. The molecule has 2 atom stereocenters. The van der Waals surface area contributed by atoms with Gasteiger partial charge in [-0.3, -0.25) is 4.98 Å². The Morgan fingerprint density at radius 3 is 2.44 bits per heavy atom. The molecule has 2 unspecified atom stereocenters. The van der Waals surface area contributed by atoms with Gasteiger partial charge in [-0.2, -0.15) is 0 Å². The monoisotopic (exact) mass is 279 g/mol. The van der Waals surface area contributed by atoms with Gasteiger partial charge in [0.1, 0.15) is 11.5 Å². The molecule has 2 aromatic rings. The maximum absolute atomic E-state index is 5.63. The molecule has 0 saturated heterocycles. The number of hydrogen-bond donors (Lipinski definition) is 0. The van der Waals surface area contributed by atoms with E-state index in [1.807, 2.05) is 43.6 Å². The number of aromatic nitrogens is 1. The van der Waals surface area contributed by atoms with Crippen LogP contribution in [-0.2, 0) is 0 Å². The van der Waals surface area contributed by atoms with Crippen LogP contribution in [0.25, 0.3) is 0 Å². The van der Waals surface area contributed by atoms with Gasteiger partial charge in [-0.1, -0.05) is 22.9 Å². The number of alkyl halides is 1. The number of hydrogen-bond acceptors (Lipinski definition) is 2. The number of rotatable bonds is 3. The minimum absolute atomic E-state index is 0.198. The summed E-state index contributed by atoms with van der Waals surface area (Å²) in [6, 6.07) is 8.08. The SMILES string of the molecule is Cc1ccc(C(Br)C(C)c2ccncc2)o1. The molecule has 2 heterocycles. The molecule has 3 heteroatoms. The zero-order valence-corrected chi connectivity index (χ0v) is 10.9. The summed E-state index contributed by atoms with van der Waals surface area (Å²) in [6.07, 6.45) is 3.64. The summed E-state index contributed by atoms with van der Waals surface area (Å²) in [4.78, 5) is 4.22. The lowest BCUT2D eigenvalue weighted by Crippen LogP contribution is -2.01. The normalized spacial score (nSPS) is 14.7. The number of halogens is 1. The van der Waals surface area contributed by atoms with Crippen LogP contribution in [0.2, 0.25) is 0 Å². The van der Waals surface area contributed by atoms with Crippen molar-refractivity contribution in [3.8, 4) is 0 Å². The van der Waals surface area contributed by atoms with Crippen LogP contribution in [0.1, 0.15) is 34.8 Å². The highest BCUT2D eigenvalue weighted by Crippen LogP contribution is 2.37. The highest BCUT2D eigenvalue weighted by molar-refractivity contribution is 9.09. The van der Waals surface area contributed by atoms with E-state index in [0.29, 0.717) is 5.92 Å². The zero-order valence-electron chi connectivity index (χ0n) is 9.35. The van der Waals surface area contributed by atoms with Crippen molar-refractivity contribution >= 4 is 15.9 Å². The van der Waals surface area contributed by atoms with Crippen molar-refractivity contribution in [2.24, 2.45) is 0 Å². The third kappa shape index (κ3) is 2.35. The first-order valence-corrected chi connectivity index (χ1v) is 6.20. The molecule has 0 saturated carbocycles. The Kier molecular flexibility index (Phi) is 3.44. The quantitative estimate of drug-likeness (QED) is 0.787. The van der Waals surface area contributed by atoms with E-state index in [9.17, 15) is 0 Å². The lowest BCUT2D eigenvalue weighted by Gasteiger charge is -2.16. The molecule has 2 aromatic heterocycles. The number of nitrogens with zero attached hydrogens (tertiary/aromatic N) is 1.